The summed E-state index contributed by atoms with van der Waals surface area (Å²) in [6, 6.07) is 3.61. The lowest BCUT2D eigenvalue weighted by molar-refractivity contribution is -0.385. The summed E-state index contributed by atoms with van der Waals surface area (Å²) in [5.74, 6) is -0.479. The van der Waals surface area contributed by atoms with Crippen LogP contribution < -0.4 is 10.6 Å². The predicted molar refractivity (Wildman–Crippen MR) is 67.1 cm³/mol. The third-order valence-electron chi connectivity index (χ3n) is 3.27. The third-order valence-corrected chi connectivity index (χ3v) is 3.27. The quantitative estimate of drug-likeness (QED) is 0.532. The van der Waals surface area contributed by atoms with Gasteiger partial charge >= 0.3 is 0 Å². The van der Waals surface area contributed by atoms with Crippen LogP contribution in [0.1, 0.15) is 5.56 Å². The van der Waals surface area contributed by atoms with E-state index in [0.29, 0.717) is 18.7 Å². The molecule has 2 atom stereocenters. The first-order valence-corrected chi connectivity index (χ1v) is 6.10. The van der Waals surface area contributed by atoms with E-state index in [0.717, 1.165) is 12.6 Å². The Balaban J connectivity index is 1.87. The highest BCUT2D eigenvalue weighted by atomic mass is 19.1. The van der Waals surface area contributed by atoms with Gasteiger partial charge in [-0.3, -0.25) is 10.1 Å². The van der Waals surface area contributed by atoms with Gasteiger partial charge in [0.25, 0.3) is 5.69 Å². The number of nitro groups is 1. The van der Waals surface area contributed by atoms with Gasteiger partial charge in [0, 0.05) is 43.7 Å². The standard InChI is InChI=1S/C12H16FN3O3/c13-11-3-10(16(18)19)2-1-8(11)4-14-5-9-6-15-7-12(9)17/h1-3,9,12,14-15,17H,4-7H2. The summed E-state index contributed by atoms with van der Waals surface area (Å²) < 4.78 is 13.6. The summed E-state index contributed by atoms with van der Waals surface area (Å²) in [6.45, 7) is 2.17. The van der Waals surface area contributed by atoms with Crippen molar-refractivity contribution in [2.75, 3.05) is 19.6 Å². The molecule has 0 amide bonds. The van der Waals surface area contributed by atoms with Crippen LogP contribution in [0.25, 0.3) is 0 Å². The van der Waals surface area contributed by atoms with Crippen molar-refractivity contribution in [3.05, 3.63) is 39.7 Å². The van der Waals surface area contributed by atoms with Crippen molar-refractivity contribution in [3.63, 3.8) is 0 Å². The van der Waals surface area contributed by atoms with E-state index >= 15 is 0 Å². The number of nitrogens with zero attached hydrogens (tertiary/aromatic N) is 1. The first-order valence-electron chi connectivity index (χ1n) is 6.10. The normalized spacial score (nSPS) is 22.6. The Morgan fingerprint density at radius 1 is 1.53 bits per heavy atom. The fourth-order valence-electron chi connectivity index (χ4n) is 2.11. The Bertz CT molecular complexity index is 470. The number of hydrogen-bond donors (Lipinski definition) is 3. The minimum absolute atomic E-state index is 0.112. The number of nitro benzene ring substituents is 1. The molecular weight excluding hydrogens is 253 g/mol. The number of hydrogen-bond acceptors (Lipinski definition) is 5. The molecule has 0 radical (unpaired) electrons. The van der Waals surface area contributed by atoms with Gasteiger partial charge in [0.1, 0.15) is 5.82 Å². The molecule has 1 aliphatic heterocycles. The molecule has 1 aromatic rings. The first kappa shape index (κ1) is 13.9. The fraction of sp³-hybridized carbons (Fsp3) is 0.500. The Hall–Kier alpha value is -1.57. The highest BCUT2D eigenvalue weighted by Crippen LogP contribution is 2.16. The van der Waals surface area contributed by atoms with E-state index < -0.39 is 10.7 Å². The molecular formula is C12H16FN3O3. The molecule has 1 saturated heterocycles. The first-order chi connectivity index (χ1) is 9.08. The van der Waals surface area contributed by atoms with Crippen LogP contribution in [0.3, 0.4) is 0 Å². The average Bonchev–Trinajstić information content (AvgIpc) is 2.77. The largest absolute Gasteiger partial charge is 0.391 e. The maximum Gasteiger partial charge on any atom is 0.272 e. The zero-order chi connectivity index (χ0) is 13.8. The highest BCUT2D eigenvalue weighted by molar-refractivity contribution is 5.34. The van der Waals surface area contributed by atoms with Gasteiger partial charge in [-0.25, -0.2) is 4.39 Å². The second-order valence-electron chi connectivity index (χ2n) is 4.65. The Kier molecular flexibility index (Phi) is 4.41. The molecule has 1 aromatic carbocycles. The number of aliphatic hydroxyl groups is 1. The van der Waals surface area contributed by atoms with Crippen LogP contribution in [0.4, 0.5) is 10.1 Å². The minimum atomic E-state index is -0.624. The van der Waals surface area contributed by atoms with Crippen molar-refractivity contribution in [1.29, 1.82) is 0 Å². The van der Waals surface area contributed by atoms with Gasteiger partial charge in [0.2, 0.25) is 0 Å². The summed E-state index contributed by atoms with van der Waals surface area (Å²) in [7, 11) is 0. The molecule has 1 heterocycles. The smallest absolute Gasteiger partial charge is 0.272 e. The molecule has 6 nitrogen and oxygen atoms in total. The molecule has 1 aliphatic rings. The van der Waals surface area contributed by atoms with Crippen LogP contribution >= 0.6 is 0 Å². The van der Waals surface area contributed by atoms with Crippen LogP contribution in [0.2, 0.25) is 0 Å². The molecule has 0 spiro atoms. The van der Waals surface area contributed by atoms with E-state index in [-0.39, 0.29) is 24.3 Å². The SMILES string of the molecule is O=[N+]([O-])c1ccc(CNCC2CNCC2O)c(F)c1. The van der Waals surface area contributed by atoms with E-state index in [4.69, 9.17) is 0 Å². The van der Waals surface area contributed by atoms with Crippen molar-refractivity contribution >= 4 is 5.69 Å². The van der Waals surface area contributed by atoms with E-state index in [1.807, 2.05) is 0 Å². The van der Waals surface area contributed by atoms with E-state index in [2.05, 4.69) is 10.6 Å². The van der Waals surface area contributed by atoms with Crippen molar-refractivity contribution in [3.8, 4) is 0 Å². The molecule has 104 valence electrons. The van der Waals surface area contributed by atoms with Crippen LogP contribution in [0.5, 0.6) is 0 Å². The molecule has 7 heteroatoms. The molecule has 0 bridgehead atoms. The molecule has 3 N–H and O–H groups in total. The van der Waals surface area contributed by atoms with Crippen molar-refractivity contribution < 1.29 is 14.4 Å². The number of aliphatic hydroxyl groups excluding tert-OH is 1. The Labute approximate surface area is 109 Å². The summed E-state index contributed by atoms with van der Waals surface area (Å²) in [5, 5.41) is 26.2. The van der Waals surface area contributed by atoms with E-state index in [1.165, 1.54) is 12.1 Å². The molecule has 1 fully saturated rings. The van der Waals surface area contributed by atoms with Crippen LogP contribution in [-0.2, 0) is 6.54 Å². The zero-order valence-electron chi connectivity index (χ0n) is 10.3. The number of benzene rings is 1. The topological polar surface area (TPSA) is 87.4 Å². The Morgan fingerprint density at radius 2 is 2.32 bits per heavy atom. The van der Waals surface area contributed by atoms with Crippen LogP contribution in [-0.4, -0.2) is 35.8 Å². The average molecular weight is 269 g/mol. The van der Waals surface area contributed by atoms with Gasteiger partial charge in [0.05, 0.1) is 17.1 Å². The lowest BCUT2D eigenvalue weighted by Crippen LogP contribution is -2.30. The monoisotopic (exact) mass is 269 g/mol. The van der Waals surface area contributed by atoms with Gasteiger partial charge in [0.15, 0.2) is 0 Å². The van der Waals surface area contributed by atoms with Crippen molar-refractivity contribution in [2.24, 2.45) is 5.92 Å². The summed E-state index contributed by atoms with van der Waals surface area (Å²) in [6.07, 6.45) is -0.380. The zero-order valence-corrected chi connectivity index (χ0v) is 10.3. The number of nitrogens with one attached hydrogen (secondary N) is 2. The van der Waals surface area contributed by atoms with Crippen LogP contribution in [0, 0.1) is 21.8 Å². The Morgan fingerprint density at radius 3 is 2.89 bits per heavy atom. The van der Waals surface area contributed by atoms with Gasteiger partial charge in [-0.15, -0.1) is 0 Å². The summed E-state index contributed by atoms with van der Waals surface area (Å²) in [5.41, 5.74) is 0.128. The predicted octanol–water partition coefficient (Wildman–Crippen LogP) is 0.404. The maximum atomic E-state index is 13.6. The molecule has 2 rings (SSSR count). The van der Waals surface area contributed by atoms with Crippen molar-refractivity contribution in [2.45, 2.75) is 12.6 Å². The summed E-state index contributed by atoms with van der Waals surface area (Å²) in [4.78, 5) is 9.85. The lowest BCUT2D eigenvalue weighted by atomic mass is 10.1. The number of rotatable bonds is 5. The highest BCUT2D eigenvalue weighted by Gasteiger charge is 2.24. The van der Waals surface area contributed by atoms with Crippen molar-refractivity contribution in [1.82, 2.24) is 10.6 Å². The number of non-ortho nitro benzene ring substituents is 1. The minimum Gasteiger partial charge on any atom is -0.391 e. The van der Waals surface area contributed by atoms with E-state index in [9.17, 15) is 19.6 Å². The van der Waals surface area contributed by atoms with Gasteiger partial charge in [-0.1, -0.05) is 0 Å². The van der Waals surface area contributed by atoms with Gasteiger partial charge < -0.3 is 15.7 Å². The maximum absolute atomic E-state index is 13.6. The van der Waals surface area contributed by atoms with Crippen LogP contribution in [0.15, 0.2) is 18.2 Å². The van der Waals surface area contributed by atoms with Gasteiger partial charge in [-0.05, 0) is 6.07 Å². The fourth-order valence-corrected chi connectivity index (χ4v) is 2.11. The molecule has 19 heavy (non-hydrogen) atoms. The number of β-amino-alcohol motifs (C(OH)–C–C–N with tert-alkyl or cyclic N) is 1. The van der Waals surface area contributed by atoms with Gasteiger partial charge in [-0.2, -0.15) is 0 Å². The lowest BCUT2D eigenvalue weighted by Gasteiger charge is -2.14. The van der Waals surface area contributed by atoms with E-state index in [1.54, 1.807) is 0 Å². The molecule has 0 saturated carbocycles. The molecule has 0 aromatic heterocycles. The molecule has 2 unspecified atom stereocenters. The number of halogens is 1. The third kappa shape index (κ3) is 3.46. The molecule has 0 aliphatic carbocycles. The second-order valence-corrected chi connectivity index (χ2v) is 4.65. The summed E-state index contributed by atoms with van der Waals surface area (Å²) >= 11 is 0. The second kappa shape index (κ2) is 6.05.